The van der Waals surface area contributed by atoms with Gasteiger partial charge in [-0.15, -0.1) is 10.2 Å². The van der Waals surface area contributed by atoms with Crippen molar-refractivity contribution in [3.63, 3.8) is 0 Å². The minimum absolute atomic E-state index is 0.0805. The van der Waals surface area contributed by atoms with Crippen LogP contribution in [0.25, 0.3) is 0 Å². The molecular weight excluding hydrogens is 423 g/mol. The molecule has 10 heteroatoms. The molecule has 2 N–H and O–H groups in total. The highest BCUT2D eigenvalue weighted by molar-refractivity contribution is 8.01. The number of carbonyl (C=O) groups is 2. The SMILES string of the molecule is Cc1ccc(NC(=O)CSc2nnc(NC(=O)c3ccccc3F)s2)cc1Cl. The van der Waals surface area contributed by atoms with E-state index in [9.17, 15) is 14.0 Å². The molecule has 3 aromatic rings. The predicted octanol–water partition coefficient (Wildman–Crippen LogP) is 4.62. The fourth-order valence-electron chi connectivity index (χ4n) is 2.12. The molecule has 2 aromatic carbocycles. The van der Waals surface area contributed by atoms with Crippen molar-refractivity contribution in [3.05, 3.63) is 64.4 Å². The van der Waals surface area contributed by atoms with Crippen LogP contribution in [0, 0.1) is 12.7 Å². The van der Waals surface area contributed by atoms with Crippen molar-refractivity contribution in [2.45, 2.75) is 11.3 Å². The van der Waals surface area contributed by atoms with Gasteiger partial charge in [-0.3, -0.25) is 14.9 Å². The van der Waals surface area contributed by atoms with E-state index in [-0.39, 0.29) is 22.4 Å². The van der Waals surface area contributed by atoms with Gasteiger partial charge in [-0.2, -0.15) is 0 Å². The average molecular weight is 437 g/mol. The first-order valence-corrected chi connectivity index (χ1v) is 10.2. The lowest BCUT2D eigenvalue weighted by molar-refractivity contribution is -0.113. The molecule has 3 rings (SSSR count). The number of amides is 2. The Morgan fingerprint density at radius 3 is 2.71 bits per heavy atom. The molecule has 0 saturated heterocycles. The van der Waals surface area contributed by atoms with E-state index in [1.165, 1.54) is 30.0 Å². The molecule has 0 fully saturated rings. The number of carbonyl (C=O) groups excluding carboxylic acids is 2. The van der Waals surface area contributed by atoms with E-state index in [1.54, 1.807) is 18.2 Å². The summed E-state index contributed by atoms with van der Waals surface area (Å²) in [6.07, 6.45) is 0. The Balaban J connectivity index is 1.53. The summed E-state index contributed by atoms with van der Waals surface area (Å²) in [7, 11) is 0. The maximum Gasteiger partial charge on any atom is 0.260 e. The number of nitrogens with zero attached hydrogens (tertiary/aromatic N) is 2. The molecule has 0 aliphatic heterocycles. The summed E-state index contributed by atoms with van der Waals surface area (Å²) in [6.45, 7) is 1.88. The molecular formula is C18H14ClFN4O2S2. The first-order valence-electron chi connectivity index (χ1n) is 8.00. The maximum absolute atomic E-state index is 13.6. The zero-order valence-electron chi connectivity index (χ0n) is 14.5. The number of halogens is 2. The largest absolute Gasteiger partial charge is 0.325 e. The van der Waals surface area contributed by atoms with Gasteiger partial charge in [0.1, 0.15) is 5.82 Å². The molecule has 144 valence electrons. The first-order chi connectivity index (χ1) is 13.4. The molecule has 0 radical (unpaired) electrons. The number of benzene rings is 2. The van der Waals surface area contributed by atoms with Gasteiger partial charge in [-0.25, -0.2) is 4.39 Å². The van der Waals surface area contributed by atoms with Gasteiger partial charge in [-0.1, -0.05) is 52.9 Å². The maximum atomic E-state index is 13.6. The fourth-order valence-corrected chi connectivity index (χ4v) is 3.85. The minimum atomic E-state index is -0.619. The van der Waals surface area contributed by atoms with Crippen molar-refractivity contribution in [1.82, 2.24) is 10.2 Å². The Morgan fingerprint density at radius 1 is 1.18 bits per heavy atom. The van der Waals surface area contributed by atoms with E-state index in [2.05, 4.69) is 20.8 Å². The van der Waals surface area contributed by atoms with Gasteiger partial charge in [0, 0.05) is 10.7 Å². The molecule has 1 aromatic heterocycles. The van der Waals surface area contributed by atoms with Crippen LogP contribution in [0.2, 0.25) is 5.02 Å². The van der Waals surface area contributed by atoms with Gasteiger partial charge in [-0.05, 0) is 36.8 Å². The molecule has 2 amide bonds. The van der Waals surface area contributed by atoms with E-state index in [4.69, 9.17) is 11.6 Å². The van der Waals surface area contributed by atoms with Crippen molar-refractivity contribution >= 4 is 57.3 Å². The topological polar surface area (TPSA) is 84.0 Å². The van der Waals surface area contributed by atoms with Crippen molar-refractivity contribution < 1.29 is 14.0 Å². The molecule has 0 bridgehead atoms. The van der Waals surface area contributed by atoms with E-state index < -0.39 is 11.7 Å². The van der Waals surface area contributed by atoms with Gasteiger partial charge in [0.25, 0.3) is 5.91 Å². The van der Waals surface area contributed by atoms with E-state index in [1.807, 2.05) is 13.0 Å². The van der Waals surface area contributed by atoms with Crippen LogP contribution >= 0.6 is 34.7 Å². The summed E-state index contributed by atoms with van der Waals surface area (Å²) in [5.74, 6) is -1.34. The summed E-state index contributed by atoms with van der Waals surface area (Å²) >= 11 is 8.31. The van der Waals surface area contributed by atoms with Crippen LogP contribution in [0.5, 0.6) is 0 Å². The van der Waals surface area contributed by atoms with Gasteiger partial charge in [0.15, 0.2) is 4.34 Å². The van der Waals surface area contributed by atoms with Crippen LogP contribution in [-0.2, 0) is 4.79 Å². The first kappa shape index (κ1) is 20.2. The van der Waals surface area contributed by atoms with Crippen LogP contribution in [-0.4, -0.2) is 27.8 Å². The number of thioether (sulfide) groups is 1. The third-order valence-electron chi connectivity index (χ3n) is 3.53. The lowest BCUT2D eigenvalue weighted by Gasteiger charge is -2.06. The number of hydrogen-bond acceptors (Lipinski definition) is 6. The summed E-state index contributed by atoms with van der Waals surface area (Å²) in [6, 6.07) is 10.9. The van der Waals surface area contributed by atoms with Crippen molar-refractivity contribution in [3.8, 4) is 0 Å². The molecule has 0 aliphatic carbocycles. The Bertz CT molecular complexity index is 1030. The summed E-state index contributed by atoms with van der Waals surface area (Å²) in [5, 5.41) is 13.8. The van der Waals surface area contributed by atoms with Crippen LogP contribution in [0.1, 0.15) is 15.9 Å². The molecule has 0 saturated carbocycles. The van der Waals surface area contributed by atoms with Crippen molar-refractivity contribution in [2.75, 3.05) is 16.4 Å². The third kappa shape index (κ3) is 5.28. The van der Waals surface area contributed by atoms with Crippen LogP contribution < -0.4 is 10.6 Å². The van der Waals surface area contributed by atoms with Gasteiger partial charge >= 0.3 is 0 Å². The molecule has 0 unspecified atom stereocenters. The summed E-state index contributed by atoms with van der Waals surface area (Å²) in [4.78, 5) is 24.1. The highest BCUT2D eigenvalue weighted by Crippen LogP contribution is 2.26. The van der Waals surface area contributed by atoms with Gasteiger partial charge in [0.05, 0.1) is 11.3 Å². The monoisotopic (exact) mass is 436 g/mol. The predicted molar refractivity (Wildman–Crippen MR) is 110 cm³/mol. The van der Waals surface area contributed by atoms with E-state index in [0.29, 0.717) is 15.0 Å². The number of aromatic nitrogens is 2. The lowest BCUT2D eigenvalue weighted by atomic mass is 10.2. The Labute approximate surface area is 173 Å². The van der Waals surface area contributed by atoms with Crippen molar-refractivity contribution in [2.24, 2.45) is 0 Å². The number of hydrogen-bond donors (Lipinski definition) is 2. The Morgan fingerprint density at radius 2 is 1.96 bits per heavy atom. The molecule has 28 heavy (non-hydrogen) atoms. The highest BCUT2D eigenvalue weighted by atomic mass is 35.5. The van der Waals surface area contributed by atoms with Crippen molar-refractivity contribution in [1.29, 1.82) is 0 Å². The molecule has 0 atom stereocenters. The average Bonchev–Trinajstić information content (AvgIpc) is 3.11. The number of anilines is 2. The normalized spacial score (nSPS) is 10.5. The standard InChI is InChI=1S/C18H14ClFN4O2S2/c1-10-6-7-11(8-13(10)19)21-15(25)9-27-18-24-23-17(28-18)22-16(26)12-4-2-3-5-14(12)20/h2-8H,9H2,1H3,(H,21,25)(H,22,23,26). The molecule has 0 aliphatic rings. The molecule has 6 nitrogen and oxygen atoms in total. The van der Waals surface area contributed by atoms with Gasteiger partial charge < -0.3 is 5.32 Å². The number of rotatable bonds is 6. The second kappa shape index (κ2) is 9.13. The highest BCUT2D eigenvalue weighted by Gasteiger charge is 2.14. The quantitative estimate of drug-likeness (QED) is 0.435. The Kier molecular flexibility index (Phi) is 6.61. The molecule has 0 spiro atoms. The second-order valence-electron chi connectivity index (χ2n) is 5.61. The van der Waals surface area contributed by atoms with Crippen LogP contribution in [0.15, 0.2) is 46.8 Å². The van der Waals surface area contributed by atoms with Gasteiger partial charge in [0.2, 0.25) is 11.0 Å². The fraction of sp³-hybridized carbons (Fsp3) is 0.111. The third-order valence-corrected chi connectivity index (χ3v) is 5.91. The number of aryl methyl sites for hydroxylation is 1. The Hall–Kier alpha value is -2.49. The minimum Gasteiger partial charge on any atom is -0.325 e. The van der Waals surface area contributed by atoms with Crippen LogP contribution in [0.4, 0.5) is 15.2 Å². The second-order valence-corrected chi connectivity index (χ2v) is 8.22. The van der Waals surface area contributed by atoms with Crippen LogP contribution in [0.3, 0.4) is 0 Å². The summed E-state index contributed by atoms with van der Waals surface area (Å²) < 4.78 is 14.1. The lowest BCUT2D eigenvalue weighted by Crippen LogP contribution is -2.13. The van der Waals surface area contributed by atoms with E-state index in [0.717, 1.165) is 16.9 Å². The zero-order valence-corrected chi connectivity index (χ0v) is 16.9. The summed E-state index contributed by atoms with van der Waals surface area (Å²) in [5.41, 5.74) is 1.45. The smallest absolute Gasteiger partial charge is 0.260 e. The van der Waals surface area contributed by atoms with E-state index >= 15 is 0 Å². The molecule has 1 heterocycles. The zero-order chi connectivity index (χ0) is 20.1. The number of nitrogens with one attached hydrogen (secondary N) is 2.